The predicted molar refractivity (Wildman–Crippen MR) is 143 cm³/mol. The number of rotatable bonds is 11. The maximum Gasteiger partial charge on any atom is 0.256 e. The fourth-order valence-electron chi connectivity index (χ4n) is 4.30. The van der Waals surface area contributed by atoms with Crippen LogP contribution in [0.25, 0.3) is 11.3 Å². The normalized spacial score (nSPS) is 13.7. The molecule has 1 aliphatic rings. The zero-order valence-electron chi connectivity index (χ0n) is 21.2. The summed E-state index contributed by atoms with van der Waals surface area (Å²) in [5.74, 6) is 1.76. The molecule has 2 heterocycles. The Kier molecular flexibility index (Phi) is 9.08. The summed E-state index contributed by atoms with van der Waals surface area (Å²) in [6, 6.07) is 12.0. The number of carbonyl (C=O) groups excluding carboxylic acids is 1. The predicted octanol–water partition coefficient (Wildman–Crippen LogP) is 5.43. The third kappa shape index (κ3) is 6.93. The van der Waals surface area contributed by atoms with Gasteiger partial charge in [-0.1, -0.05) is 38.7 Å². The lowest BCUT2D eigenvalue weighted by atomic mass is 9.95. The Labute approximate surface area is 213 Å². The maximum atomic E-state index is 13.1. The number of carbonyl (C=O) groups is 1. The van der Waals surface area contributed by atoms with Gasteiger partial charge in [0.15, 0.2) is 0 Å². The molecular weight excluding hydrogens is 452 g/mol. The number of ether oxygens (including phenoxy) is 1. The molecule has 3 aromatic rings. The average molecular weight is 489 g/mol. The molecule has 4 rings (SSSR count). The lowest BCUT2D eigenvalue weighted by molar-refractivity contribution is 0.0951. The van der Waals surface area contributed by atoms with E-state index in [-0.39, 0.29) is 5.91 Å². The highest BCUT2D eigenvalue weighted by Crippen LogP contribution is 2.24. The number of anilines is 2. The first-order valence-electron chi connectivity index (χ1n) is 12.9. The number of aromatic nitrogens is 3. The fraction of sp³-hybridized carbons (Fsp3) is 0.429. The van der Waals surface area contributed by atoms with E-state index in [2.05, 4.69) is 37.8 Å². The van der Waals surface area contributed by atoms with Gasteiger partial charge in [-0.15, -0.1) is 0 Å². The molecule has 1 aromatic carbocycles. The van der Waals surface area contributed by atoms with Gasteiger partial charge >= 0.3 is 0 Å². The lowest BCUT2D eigenvalue weighted by Crippen LogP contribution is -2.28. The third-order valence-electron chi connectivity index (χ3n) is 6.46. The van der Waals surface area contributed by atoms with Gasteiger partial charge in [-0.25, -0.2) is 4.98 Å². The summed E-state index contributed by atoms with van der Waals surface area (Å²) in [6.45, 7) is 3.33. The van der Waals surface area contributed by atoms with Crippen LogP contribution in [0.15, 0.2) is 48.8 Å². The zero-order valence-corrected chi connectivity index (χ0v) is 21.2. The van der Waals surface area contributed by atoms with Crippen LogP contribution in [0.3, 0.4) is 0 Å². The van der Waals surface area contributed by atoms with E-state index in [4.69, 9.17) is 4.74 Å². The second kappa shape index (κ2) is 12.9. The molecule has 8 nitrogen and oxygen atoms in total. The molecule has 0 bridgehead atoms. The summed E-state index contributed by atoms with van der Waals surface area (Å²) in [7, 11) is 1.65. The van der Waals surface area contributed by atoms with Crippen LogP contribution in [0.1, 0.15) is 67.8 Å². The molecule has 36 heavy (non-hydrogen) atoms. The van der Waals surface area contributed by atoms with E-state index in [0.717, 1.165) is 54.8 Å². The Morgan fingerprint density at radius 2 is 1.83 bits per heavy atom. The lowest BCUT2D eigenvalue weighted by Gasteiger charge is -2.24. The molecule has 8 heteroatoms. The summed E-state index contributed by atoms with van der Waals surface area (Å²) < 4.78 is 5.22. The van der Waals surface area contributed by atoms with Gasteiger partial charge in [0.05, 0.1) is 12.8 Å². The summed E-state index contributed by atoms with van der Waals surface area (Å²) in [6.07, 6.45) is 11.4. The number of hydrogen-bond donors (Lipinski definition) is 3. The molecule has 0 aliphatic heterocycles. The highest BCUT2D eigenvalue weighted by molar-refractivity contribution is 5.98. The Hall–Kier alpha value is -3.68. The fourth-order valence-corrected chi connectivity index (χ4v) is 4.30. The number of nitrogens with one attached hydrogen (secondary N) is 3. The van der Waals surface area contributed by atoms with Crippen molar-refractivity contribution >= 4 is 17.7 Å². The van der Waals surface area contributed by atoms with Crippen molar-refractivity contribution in [3.8, 4) is 17.0 Å². The van der Waals surface area contributed by atoms with Crippen LogP contribution in [-0.2, 0) is 6.54 Å². The molecule has 2 aromatic heterocycles. The molecule has 1 saturated carbocycles. The molecule has 1 fully saturated rings. The van der Waals surface area contributed by atoms with Gasteiger partial charge in [0.1, 0.15) is 17.1 Å². The van der Waals surface area contributed by atoms with Crippen molar-refractivity contribution in [2.24, 2.45) is 0 Å². The SMILES string of the molecule is CCCCNc1ncc(C(=O)NCc2ccc(-c3ccc(OC)cc3)nc2)c(NC2CCCCC2)n1. The third-order valence-corrected chi connectivity index (χ3v) is 6.46. The van der Waals surface area contributed by atoms with Crippen LogP contribution in [0, 0.1) is 0 Å². The van der Waals surface area contributed by atoms with Crippen LogP contribution in [0.5, 0.6) is 5.75 Å². The number of unbranched alkanes of at least 4 members (excludes halogenated alkanes) is 1. The first-order chi connectivity index (χ1) is 17.7. The topological polar surface area (TPSA) is 101 Å². The van der Waals surface area contributed by atoms with E-state index in [9.17, 15) is 4.79 Å². The average Bonchev–Trinajstić information content (AvgIpc) is 2.93. The Balaban J connectivity index is 1.41. The van der Waals surface area contributed by atoms with Gasteiger partial charge in [0.25, 0.3) is 5.91 Å². The van der Waals surface area contributed by atoms with Gasteiger partial charge in [-0.05, 0) is 55.2 Å². The number of hydrogen-bond acceptors (Lipinski definition) is 7. The quantitative estimate of drug-likeness (QED) is 0.309. The molecule has 3 N–H and O–H groups in total. The second-order valence-electron chi connectivity index (χ2n) is 9.18. The highest BCUT2D eigenvalue weighted by atomic mass is 16.5. The van der Waals surface area contributed by atoms with Crippen molar-refractivity contribution in [2.45, 2.75) is 64.5 Å². The van der Waals surface area contributed by atoms with E-state index < -0.39 is 0 Å². The largest absolute Gasteiger partial charge is 0.497 e. The van der Waals surface area contributed by atoms with Crippen LogP contribution in [0.4, 0.5) is 11.8 Å². The molecule has 0 spiro atoms. The van der Waals surface area contributed by atoms with Crippen LogP contribution < -0.4 is 20.7 Å². The zero-order chi connectivity index (χ0) is 25.2. The highest BCUT2D eigenvalue weighted by Gasteiger charge is 2.20. The number of methoxy groups -OCH3 is 1. The molecule has 0 saturated heterocycles. The number of pyridine rings is 1. The molecular formula is C28H36N6O2. The molecule has 1 amide bonds. The minimum absolute atomic E-state index is 0.201. The summed E-state index contributed by atoms with van der Waals surface area (Å²) in [4.78, 5) is 26.7. The smallest absolute Gasteiger partial charge is 0.256 e. The van der Waals surface area contributed by atoms with Crippen molar-refractivity contribution in [1.29, 1.82) is 0 Å². The molecule has 0 atom stereocenters. The monoisotopic (exact) mass is 488 g/mol. The standard InChI is InChI=1S/C28H36N6O2/c1-3-4-16-29-28-32-19-24(26(34-28)33-22-8-6-5-7-9-22)27(35)31-18-20-10-15-25(30-17-20)21-11-13-23(36-2)14-12-21/h10-15,17,19,22H,3-9,16,18H2,1-2H3,(H,31,35)(H2,29,32,33,34). The van der Waals surface area contributed by atoms with E-state index in [0.29, 0.717) is 29.9 Å². The first-order valence-corrected chi connectivity index (χ1v) is 12.9. The van der Waals surface area contributed by atoms with Gasteiger partial charge in [-0.3, -0.25) is 9.78 Å². The van der Waals surface area contributed by atoms with Gasteiger partial charge in [0.2, 0.25) is 5.95 Å². The minimum Gasteiger partial charge on any atom is -0.497 e. The van der Waals surface area contributed by atoms with E-state index in [1.54, 1.807) is 19.5 Å². The van der Waals surface area contributed by atoms with Gasteiger partial charge in [-0.2, -0.15) is 4.98 Å². The minimum atomic E-state index is -0.201. The first kappa shape index (κ1) is 25.4. The second-order valence-corrected chi connectivity index (χ2v) is 9.18. The van der Waals surface area contributed by atoms with E-state index in [1.165, 1.54) is 19.3 Å². The molecule has 0 radical (unpaired) electrons. The number of amides is 1. The molecule has 0 unspecified atom stereocenters. The number of benzene rings is 1. The van der Waals surface area contributed by atoms with Crippen molar-refractivity contribution < 1.29 is 9.53 Å². The van der Waals surface area contributed by atoms with Crippen molar-refractivity contribution in [3.63, 3.8) is 0 Å². The van der Waals surface area contributed by atoms with E-state index in [1.807, 2.05) is 36.4 Å². The Bertz CT molecular complexity index is 1110. The van der Waals surface area contributed by atoms with Crippen LogP contribution >= 0.6 is 0 Å². The van der Waals surface area contributed by atoms with Crippen LogP contribution in [0.2, 0.25) is 0 Å². The summed E-state index contributed by atoms with van der Waals surface area (Å²) in [5, 5.41) is 9.79. The van der Waals surface area contributed by atoms with Gasteiger partial charge in [0, 0.05) is 37.1 Å². The van der Waals surface area contributed by atoms with Crippen molar-refractivity contribution in [1.82, 2.24) is 20.3 Å². The van der Waals surface area contributed by atoms with Crippen LogP contribution in [-0.4, -0.2) is 40.6 Å². The van der Waals surface area contributed by atoms with Crippen molar-refractivity contribution in [3.05, 3.63) is 59.9 Å². The van der Waals surface area contributed by atoms with Crippen molar-refractivity contribution in [2.75, 3.05) is 24.3 Å². The Morgan fingerprint density at radius 3 is 2.53 bits per heavy atom. The maximum absolute atomic E-state index is 13.1. The Morgan fingerprint density at radius 1 is 1.03 bits per heavy atom. The summed E-state index contributed by atoms with van der Waals surface area (Å²) >= 11 is 0. The molecule has 1 aliphatic carbocycles. The number of nitrogens with zero attached hydrogens (tertiary/aromatic N) is 3. The van der Waals surface area contributed by atoms with Gasteiger partial charge < -0.3 is 20.7 Å². The van der Waals surface area contributed by atoms with E-state index >= 15 is 0 Å². The molecule has 190 valence electrons. The summed E-state index contributed by atoms with van der Waals surface area (Å²) in [5.41, 5.74) is 3.26.